The minimum atomic E-state index is -4.91. The summed E-state index contributed by atoms with van der Waals surface area (Å²) in [4.78, 5) is 0. The van der Waals surface area contributed by atoms with Gasteiger partial charge in [-0.05, 0) is 6.07 Å². The number of rotatable bonds is 2. The predicted molar refractivity (Wildman–Crippen MR) is 42.6 cm³/mol. The molecule has 1 rings (SSSR count). The number of benzene rings is 1. The van der Waals surface area contributed by atoms with Gasteiger partial charge in [-0.1, -0.05) is 12.1 Å². The van der Waals surface area contributed by atoms with Gasteiger partial charge in [0.25, 0.3) is 0 Å². The lowest BCUT2D eigenvalue weighted by molar-refractivity contribution is -0.275. The van der Waals surface area contributed by atoms with Crippen molar-refractivity contribution in [3.05, 3.63) is 29.6 Å². The molecule has 0 radical (unpaired) electrons. The topological polar surface area (TPSA) is 9.23 Å². The zero-order valence-corrected chi connectivity index (χ0v) is 7.49. The Hall–Kier alpha value is -0.970. The quantitative estimate of drug-likeness (QED) is 0.556. The van der Waals surface area contributed by atoms with Crippen LogP contribution in [0.1, 0.15) is 5.56 Å². The first-order chi connectivity index (χ1) is 6.44. The highest BCUT2D eigenvalue weighted by Crippen LogP contribution is 2.29. The fraction of sp³-hybridized carbons (Fsp3) is 0.250. The molecule has 0 N–H and O–H groups in total. The maximum Gasteiger partial charge on any atom is 0.573 e. The summed E-state index contributed by atoms with van der Waals surface area (Å²) in [5.41, 5.74) is -0.0380. The van der Waals surface area contributed by atoms with Gasteiger partial charge in [0.1, 0.15) is 0 Å². The minimum absolute atomic E-state index is 0.0380. The molecule has 1 aromatic carbocycles. The summed E-state index contributed by atoms with van der Waals surface area (Å²) < 4.78 is 51.8. The SMILES string of the molecule is Fc1cccc(CCl)c1OC(F)(F)F. The second kappa shape index (κ2) is 4.04. The van der Waals surface area contributed by atoms with E-state index in [-0.39, 0.29) is 11.4 Å². The molecule has 0 saturated heterocycles. The molecule has 0 spiro atoms. The smallest absolute Gasteiger partial charge is 0.402 e. The van der Waals surface area contributed by atoms with E-state index in [4.69, 9.17) is 11.6 Å². The third-order valence-corrected chi connectivity index (χ3v) is 1.70. The van der Waals surface area contributed by atoms with Crippen molar-refractivity contribution in [2.24, 2.45) is 0 Å². The molecule has 0 saturated carbocycles. The van der Waals surface area contributed by atoms with E-state index < -0.39 is 17.9 Å². The first-order valence-electron chi connectivity index (χ1n) is 3.53. The van der Waals surface area contributed by atoms with Crippen LogP contribution in [0.4, 0.5) is 17.6 Å². The maximum absolute atomic E-state index is 12.9. The monoisotopic (exact) mass is 228 g/mol. The van der Waals surface area contributed by atoms with E-state index in [9.17, 15) is 17.6 Å². The Labute approximate surface area is 82.2 Å². The van der Waals surface area contributed by atoms with Crippen LogP contribution >= 0.6 is 11.6 Å². The Kier molecular flexibility index (Phi) is 3.21. The van der Waals surface area contributed by atoms with Gasteiger partial charge in [0.2, 0.25) is 0 Å². The average molecular weight is 229 g/mol. The molecule has 0 aromatic heterocycles. The Morgan fingerprint density at radius 3 is 2.43 bits per heavy atom. The van der Waals surface area contributed by atoms with Crippen LogP contribution in [0.3, 0.4) is 0 Å². The second-order valence-electron chi connectivity index (χ2n) is 2.41. The van der Waals surface area contributed by atoms with Gasteiger partial charge in [0.15, 0.2) is 11.6 Å². The van der Waals surface area contributed by atoms with E-state index in [1.165, 1.54) is 12.1 Å². The maximum atomic E-state index is 12.9. The van der Waals surface area contributed by atoms with Crippen molar-refractivity contribution in [1.29, 1.82) is 0 Å². The van der Waals surface area contributed by atoms with E-state index in [0.29, 0.717) is 0 Å². The number of hydrogen-bond donors (Lipinski definition) is 0. The van der Waals surface area contributed by atoms with Crippen molar-refractivity contribution < 1.29 is 22.3 Å². The van der Waals surface area contributed by atoms with Crippen molar-refractivity contribution in [2.45, 2.75) is 12.2 Å². The highest BCUT2D eigenvalue weighted by atomic mass is 35.5. The van der Waals surface area contributed by atoms with E-state index in [2.05, 4.69) is 4.74 Å². The Balaban J connectivity index is 3.05. The highest BCUT2D eigenvalue weighted by Gasteiger charge is 2.33. The molecule has 0 aliphatic carbocycles. The van der Waals surface area contributed by atoms with E-state index >= 15 is 0 Å². The molecule has 0 unspecified atom stereocenters. The largest absolute Gasteiger partial charge is 0.573 e. The molecule has 0 aliphatic rings. The number of ether oxygens (including phenoxy) is 1. The summed E-state index contributed by atoms with van der Waals surface area (Å²) in [5.74, 6) is -2.20. The second-order valence-corrected chi connectivity index (χ2v) is 2.68. The van der Waals surface area contributed by atoms with Gasteiger partial charge < -0.3 is 4.74 Å². The van der Waals surface area contributed by atoms with Gasteiger partial charge in [-0.25, -0.2) is 4.39 Å². The molecule has 0 atom stereocenters. The molecular formula is C8H5ClF4O. The van der Waals surface area contributed by atoms with Crippen LogP contribution in [-0.2, 0) is 5.88 Å². The van der Waals surface area contributed by atoms with Crippen LogP contribution in [0.2, 0.25) is 0 Å². The van der Waals surface area contributed by atoms with Crippen LogP contribution in [0.25, 0.3) is 0 Å². The predicted octanol–water partition coefficient (Wildman–Crippen LogP) is 3.46. The van der Waals surface area contributed by atoms with E-state index in [1.807, 2.05) is 0 Å². The zero-order valence-electron chi connectivity index (χ0n) is 6.74. The Bertz CT molecular complexity index is 324. The van der Waals surface area contributed by atoms with E-state index in [0.717, 1.165) is 6.07 Å². The first-order valence-corrected chi connectivity index (χ1v) is 4.06. The first kappa shape index (κ1) is 11.1. The number of halogens is 5. The molecule has 1 nitrogen and oxygen atoms in total. The third-order valence-electron chi connectivity index (χ3n) is 1.41. The van der Waals surface area contributed by atoms with Gasteiger partial charge in [0, 0.05) is 5.56 Å². The molecule has 0 amide bonds. The van der Waals surface area contributed by atoms with Crippen molar-refractivity contribution >= 4 is 11.6 Å². The lowest BCUT2D eigenvalue weighted by Gasteiger charge is -2.12. The molecular weight excluding hydrogens is 224 g/mol. The van der Waals surface area contributed by atoms with Crippen LogP contribution in [0.15, 0.2) is 18.2 Å². The van der Waals surface area contributed by atoms with Crippen molar-refractivity contribution in [1.82, 2.24) is 0 Å². The minimum Gasteiger partial charge on any atom is -0.402 e. The lowest BCUT2D eigenvalue weighted by Crippen LogP contribution is -2.18. The van der Waals surface area contributed by atoms with Crippen LogP contribution in [-0.4, -0.2) is 6.36 Å². The summed E-state index contributed by atoms with van der Waals surface area (Å²) in [7, 11) is 0. The molecule has 6 heteroatoms. The lowest BCUT2D eigenvalue weighted by atomic mass is 10.2. The summed E-state index contributed by atoms with van der Waals surface area (Å²) in [5, 5.41) is 0. The van der Waals surface area contributed by atoms with Crippen molar-refractivity contribution in [3.63, 3.8) is 0 Å². The summed E-state index contributed by atoms with van der Waals surface area (Å²) in [6, 6.07) is 3.39. The normalized spacial score (nSPS) is 11.5. The van der Waals surface area contributed by atoms with E-state index in [1.54, 1.807) is 0 Å². The molecule has 0 aliphatic heterocycles. The summed E-state index contributed by atoms with van der Waals surface area (Å²) >= 11 is 5.32. The van der Waals surface area contributed by atoms with Crippen LogP contribution in [0, 0.1) is 5.82 Å². The summed E-state index contributed by atoms with van der Waals surface area (Å²) in [6.07, 6.45) is -4.91. The standard InChI is InChI=1S/C8H5ClF4O/c9-4-5-2-1-3-6(10)7(5)14-8(11,12)13/h1-3H,4H2. The molecule has 1 aromatic rings. The Morgan fingerprint density at radius 2 is 1.93 bits per heavy atom. The number of alkyl halides is 4. The van der Waals surface area contributed by atoms with Crippen molar-refractivity contribution in [3.8, 4) is 5.75 Å². The number of para-hydroxylation sites is 1. The van der Waals surface area contributed by atoms with Gasteiger partial charge >= 0.3 is 6.36 Å². The van der Waals surface area contributed by atoms with Crippen molar-refractivity contribution in [2.75, 3.05) is 0 Å². The number of hydrogen-bond acceptors (Lipinski definition) is 1. The Morgan fingerprint density at radius 1 is 1.29 bits per heavy atom. The van der Waals surface area contributed by atoms with Gasteiger partial charge in [-0.2, -0.15) is 0 Å². The molecule has 0 bridgehead atoms. The molecule has 0 heterocycles. The average Bonchev–Trinajstić information content (AvgIpc) is 2.06. The third kappa shape index (κ3) is 2.77. The summed E-state index contributed by atoms with van der Waals surface area (Å²) in [6.45, 7) is 0. The fourth-order valence-corrected chi connectivity index (χ4v) is 1.10. The van der Waals surface area contributed by atoms with Gasteiger partial charge in [-0.3, -0.25) is 0 Å². The van der Waals surface area contributed by atoms with Crippen LogP contribution in [0.5, 0.6) is 5.75 Å². The zero-order chi connectivity index (χ0) is 10.8. The fourth-order valence-electron chi connectivity index (χ4n) is 0.889. The molecule has 14 heavy (non-hydrogen) atoms. The van der Waals surface area contributed by atoms with Crippen LogP contribution < -0.4 is 4.74 Å². The molecule has 78 valence electrons. The molecule has 0 fully saturated rings. The highest BCUT2D eigenvalue weighted by molar-refractivity contribution is 6.17. The van der Waals surface area contributed by atoms with Gasteiger partial charge in [0.05, 0.1) is 5.88 Å². The van der Waals surface area contributed by atoms with Gasteiger partial charge in [-0.15, -0.1) is 24.8 Å².